The highest BCUT2D eigenvalue weighted by molar-refractivity contribution is 5.92. The fraction of sp³-hybridized carbons (Fsp3) is 0.500. The summed E-state index contributed by atoms with van der Waals surface area (Å²) in [5.74, 6) is 1.98. The Morgan fingerprint density at radius 3 is 2.81 bits per heavy atom. The Balaban J connectivity index is 1.66. The number of hydrogen-bond donors (Lipinski definition) is 1. The predicted molar refractivity (Wildman–Crippen MR) is 89.8 cm³/mol. The summed E-state index contributed by atoms with van der Waals surface area (Å²) in [6, 6.07) is 10.7. The largest absolute Gasteiger partial charge is 0.356 e. The summed E-state index contributed by atoms with van der Waals surface area (Å²) in [6.07, 6.45) is 5.69. The molecular weight excluding hydrogens is 258 g/mol. The van der Waals surface area contributed by atoms with Crippen LogP contribution < -0.4 is 10.2 Å². The van der Waals surface area contributed by atoms with Gasteiger partial charge in [0.1, 0.15) is 5.82 Å². The Labute approximate surface area is 127 Å². The van der Waals surface area contributed by atoms with Crippen LogP contribution in [-0.2, 0) is 0 Å². The van der Waals surface area contributed by atoms with Crippen molar-refractivity contribution >= 4 is 16.6 Å². The van der Waals surface area contributed by atoms with E-state index in [1.54, 1.807) is 0 Å². The van der Waals surface area contributed by atoms with Gasteiger partial charge in [0.15, 0.2) is 0 Å². The standard InChI is InChI=1S/C18H25N3/c1-2-10-19-14-15-8-12-21(13-9-15)18-17-6-4-3-5-16(17)7-11-20-18/h3-7,11,15,19H,2,8-10,12-14H2,1H3. The van der Waals surface area contributed by atoms with Crippen LogP contribution in [0.15, 0.2) is 36.5 Å². The second-order valence-electron chi connectivity index (χ2n) is 5.99. The molecular formula is C18H25N3. The highest BCUT2D eigenvalue weighted by Gasteiger charge is 2.20. The molecule has 0 bridgehead atoms. The van der Waals surface area contributed by atoms with Gasteiger partial charge in [-0.05, 0) is 49.7 Å². The quantitative estimate of drug-likeness (QED) is 0.852. The van der Waals surface area contributed by atoms with Gasteiger partial charge in [0.25, 0.3) is 0 Å². The van der Waals surface area contributed by atoms with Crippen LogP contribution in [0, 0.1) is 5.92 Å². The molecule has 3 nitrogen and oxygen atoms in total. The van der Waals surface area contributed by atoms with Gasteiger partial charge in [-0.2, -0.15) is 0 Å². The highest BCUT2D eigenvalue weighted by Crippen LogP contribution is 2.27. The van der Waals surface area contributed by atoms with E-state index in [1.165, 1.54) is 36.6 Å². The fourth-order valence-corrected chi connectivity index (χ4v) is 3.19. The summed E-state index contributed by atoms with van der Waals surface area (Å²) in [5, 5.41) is 6.12. The minimum Gasteiger partial charge on any atom is -0.356 e. The van der Waals surface area contributed by atoms with E-state index in [0.29, 0.717) is 0 Å². The lowest BCUT2D eigenvalue weighted by Crippen LogP contribution is -2.37. The molecule has 1 aliphatic rings. The molecule has 21 heavy (non-hydrogen) atoms. The molecule has 0 saturated carbocycles. The van der Waals surface area contributed by atoms with E-state index in [2.05, 4.69) is 52.5 Å². The maximum atomic E-state index is 4.64. The van der Waals surface area contributed by atoms with Crippen LogP contribution in [0.4, 0.5) is 5.82 Å². The number of fused-ring (bicyclic) bond motifs is 1. The number of nitrogens with one attached hydrogen (secondary N) is 1. The first-order valence-electron chi connectivity index (χ1n) is 8.18. The average Bonchev–Trinajstić information content (AvgIpc) is 2.55. The maximum Gasteiger partial charge on any atom is 0.136 e. The smallest absolute Gasteiger partial charge is 0.136 e. The van der Waals surface area contributed by atoms with Gasteiger partial charge in [-0.1, -0.05) is 31.2 Å². The molecule has 3 heteroatoms. The Morgan fingerprint density at radius 1 is 1.19 bits per heavy atom. The van der Waals surface area contributed by atoms with Crippen LogP contribution in [0.3, 0.4) is 0 Å². The molecule has 112 valence electrons. The van der Waals surface area contributed by atoms with Gasteiger partial charge < -0.3 is 10.2 Å². The summed E-state index contributed by atoms with van der Waals surface area (Å²) < 4.78 is 0. The molecule has 1 aromatic heterocycles. The van der Waals surface area contributed by atoms with Crippen molar-refractivity contribution in [2.24, 2.45) is 5.92 Å². The summed E-state index contributed by atoms with van der Waals surface area (Å²) in [6.45, 7) is 6.79. The molecule has 3 rings (SSSR count). The van der Waals surface area contributed by atoms with E-state index in [4.69, 9.17) is 0 Å². The van der Waals surface area contributed by atoms with Crippen LogP contribution in [-0.4, -0.2) is 31.2 Å². The number of benzene rings is 1. The molecule has 0 unspecified atom stereocenters. The second kappa shape index (κ2) is 6.90. The predicted octanol–water partition coefficient (Wildman–Crippen LogP) is 3.45. The number of rotatable bonds is 5. The molecule has 0 atom stereocenters. The van der Waals surface area contributed by atoms with Gasteiger partial charge in [0.05, 0.1) is 0 Å². The zero-order valence-electron chi connectivity index (χ0n) is 12.9. The maximum absolute atomic E-state index is 4.64. The zero-order chi connectivity index (χ0) is 14.5. The molecule has 0 spiro atoms. The third-order valence-electron chi connectivity index (χ3n) is 4.43. The first kappa shape index (κ1) is 14.3. The minimum atomic E-state index is 0.822. The molecule has 1 fully saturated rings. The Kier molecular flexibility index (Phi) is 4.71. The molecule has 2 heterocycles. The van der Waals surface area contributed by atoms with Gasteiger partial charge >= 0.3 is 0 Å². The average molecular weight is 283 g/mol. The lowest BCUT2D eigenvalue weighted by Gasteiger charge is -2.33. The van der Waals surface area contributed by atoms with Crippen LogP contribution in [0.5, 0.6) is 0 Å². The highest BCUT2D eigenvalue weighted by atomic mass is 15.2. The summed E-state index contributed by atoms with van der Waals surface area (Å²) >= 11 is 0. The number of piperidine rings is 1. The fourth-order valence-electron chi connectivity index (χ4n) is 3.19. The molecule has 0 radical (unpaired) electrons. The van der Waals surface area contributed by atoms with E-state index >= 15 is 0 Å². The Morgan fingerprint density at radius 2 is 2.00 bits per heavy atom. The van der Waals surface area contributed by atoms with Gasteiger partial charge in [0, 0.05) is 24.7 Å². The Bertz CT molecular complexity index is 568. The normalized spacial score (nSPS) is 16.5. The lowest BCUT2D eigenvalue weighted by molar-refractivity contribution is 0.383. The molecule has 0 amide bonds. The second-order valence-corrected chi connectivity index (χ2v) is 5.99. The van der Waals surface area contributed by atoms with Crippen molar-refractivity contribution in [2.75, 3.05) is 31.1 Å². The lowest BCUT2D eigenvalue weighted by atomic mass is 9.96. The topological polar surface area (TPSA) is 28.2 Å². The first-order valence-corrected chi connectivity index (χ1v) is 8.18. The number of aromatic nitrogens is 1. The van der Waals surface area contributed by atoms with E-state index < -0.39 is 0 Å². The van der Waals surface area contributed by atoms with Crippen molar-refractivity contribution < 1.29 is 0 Å². The SMILES string of the molecule is CCCNCC1CCN(c2nccc3ccccc23)CC1. The van der Waals surface area contributed by atoms with Crippen molar-refractivity contribution in [1.29, 1.82) is 0 Å². The van der Waals surface area contributed by atoms with Crippen molar-refractivity contribution in [3.63, 3.8) is 0 Å². The van der Waals surface area contributed by atoms with Gasteiger partial charge in [-0.15, -0.1) is 0 Å². The van der Waals surface area contributed by atoms with Crippen LogP contribution in [0.25, 0.3) is 10.8 Å². The molecule has 1 aromatic carbocycles. The zero-order valence-corrected chi connectivity index (χ0v) is 12.9. The summed E-state index contributed by atoms with van der Waals surface area (Å²) in [7, 11) is 0. The van der Waals surface area contributed by atoms with Gasteiger partial charge in [-0.3, -0.25) is 0 Å². The van der Waals surface area contributed by atoms with E-state index in [0.717, 1.165) is 31.4 Å². The van der Waals surface area contributed by atoms with Crippen LogP contribution in [0.2, 0.25) is 0 Å². The van der Waals surface area contributed by atoms with Crippen LogP contribution in [0.1, 0.15) is 26.2 Å². The monoisotopic (exact) mass is 283 g/mol. The van der Waals surface area contributed by atoms with Crippen LogP contribution >= 0.6 is 0 Å². The third-order valence-corrected chi connectivity index (χ3v) is 4.43. The van der Waals surface area contributed by atoms with E-state index in [-0.39, 0.29) is 0 Å². The van der Waals surface area contributed by atoms with Gasteiger partial charge in [-0.25, -0.2) is 4.98 Å². The van der Waals surface area contributed by atoms with E-state index in [9.17, 15) is 0 Å². The van der Waals surface area contributed by atoms with E-state index in [1.807, 2.05) is 6.20 Å². The third kappa shape index (κ3) is 3.35. The summed E-state index contributed by atoms with van der Waals surface area (Å²) in [5.41, 5.74) is 0. The minimum absolute atomic E-state index is 0.822. The molecule has 1 N–H and O–H groups in total. The molecule has 0 aliphatic carbocycles. The van der Waals surface area contributed by atoms with Crippen molar-refractivity contribution in [3.8, 4) is 0 Å². The Hall–Kier alpha value is -1.61. The van der Waals surface area contributed by atoms with Crippen molar-refractivity contribution in [2.45, 2.75) is 26.2 Å². The number of pyridine rings is 1. The first-order chi connectivity index (χ1) is 10.4. The summed E-state index contributed by atoms with van der Waals surface area (Å²) in [4.78, 5) is 7.10. The number of nitrogens with zero attached hydrogens (tertiary/aromatic N) is 2. The molecule has 1 aliphatic heterocycles. The molecule has 1 saturated heterocycles. The van der Waals surface area contributed by atoms with Gasteiger partial charge in [0.2, 0.25) is 0 Å². The van der Waals surface area contributed by atoms with Crippen molar-refractivity contribution in [3.05, 3.63) is 36.5 Å². The number of hydrogen-bond acceptors (Lipinski definition) is 3. The number of anilines is 1. The van der Waals surface area contributed by atoms with Crippen molar-refractivity contribution in [1.82, 2.24) is 10.3 Å². The molecule has 2 aromatic rings.